The standard InChI is InChI=1S/C19H23N3O2/c1-21-10-14(9-20-21)17-12-22(11-15(17)13-23)18(24)19(7-8-19)16-5-3-2-4-6-16/h2-6,9-10,15,17,23H,7-8,11-13H2,1H3/t15-,17-/m0/s1. The van der Waals surface area contributed by atoms with E-state index in [1.807, 2.05) is 42.5 Å². The highest BCUT2D eigenvalue weighted by Crippen LogP contribution is 2.50. The molecule has 1 aliphatic carbocycles. The van der Waals surface area contributed by atoms with Crippen LogP contribution in [0.25, 0.3) is 0 Å². The summed E-state index contributed by atoms with van der Waals surface area (Å²) in [7, 11) is 1.89. The first-order chi connectivity index (χ1) is 11.6. The molecular weight excluding hydrogens is 302 g/mol. The summed E-state index contributed by atoms with van der Waals surface area (Å²) in [4.78, 5) is 15.2. The third-order valence-electron chi connectivity index (χ3n) is 5.60. The first-order valence-electron chi connectivity index (χ1n) is 8.58. The predicted molar refractivity (Wildman–Crippen MR) is 90.5 cm³/mol. The molecule has 1 saturated heterocycles. The average molecular weight is 325 g/mol. The lowest BCUT2D eigenvalue weighted by Crippen LogP contribution is -2.38. The maximum Gasteiger partial charge on any atom is 0.233 e. The Hall–Kier alpha value is -2.14. The van der Waals surface area contributed by atoms with E-state index in [0.29, 0.717) is 13.1 Å². The lowest BCUT2D eigenvalue weighted by molar-refractivity contribution is -0.133. The second-order valence-electron chi connectivity index (χ2n) is 7.15. The normalized spacial score (nSPS) is 25.0. The summed E-state index contributed by atoms with van der Waals surface area (Å²) in [5, 5.41) is 14.0. The van der Waals surface area contributed by atoms with E-state index in [4.69, 9.17) is 0 Å². The minimum atomic E-state index is -0.328. The number of aromatic nitrogens is 2. The Morgan fingerprint density at radius 3 is 2.62 bits per heavy atom. The van der Waals surface area contributed by atoms with Crippen molar-refractivity contribution in [2.75, 3.05) is 19.7 Å². The molecule has 2 atom stereocenters. The molecule has 1 aromatic heterocycles. The Bertz CT molecular complexity index is 736. The summed E-state index contributed by atoms with van der Waals surface area (Å²) in [5.74, 6) is 0.475. The number of aliphatic hydroxyl groups is 1. The van der Waals surface area contributed by atoms with Crippen LogP contribution in [0.1, 0.15) is 29.9 Å². The SMILES string of the molecule is Cn1cc([C@@H]2CN(C(=O)C3(c4ccccc4)CC3)C[C@H]2CO)cn1. The lowest BCUT2D eigenvalue weighted by atomic mass is 9.92. The first kappa shape index (κ1) is 15.4. The molecule has 24 heavy (non-hydrogen) atoms. The van der Waals surface area contributed by atoms with Crippen LogP contribution >= 0.6 is 0 Å². The van der Waals surface area contributed by atoms with Crippen LogP contribution in [0.3, 0.4) is 0 Å². The average Bonchev–Trinajstić information content (AvgIpc) is 3.13. The fourth-order valence-electron chi connectivity index (χ4n) is 4.04. The highest BCUT2D eigenvalue weighted by Gasteiger charge is 2.54. The van der Waals surface area contributed by atoms with Gasteiger partial charge in [-0.3, -0.25) is 9.48 Å². The zero-order valence-corrected chi connectivity index (χ0v) is 13.9. The van der Waals surface area contributed by atoms with Crippen molar-refractivity contribution in [2.24, 2.45) is 13.0 Å². The number of aryl methyl sites for hydroxylation is 1. The van der Waals surface area contributed by atoms with Crippen molar-refractivity contribution in [3.8, 4) is 0 Å². The fourth-order valence-corrected chi connectivity index (χ4v) is 4.04. The van der Waals surface area contributed by atoms with Gasteiger partial charge in [-0.05, 0) is 24.0 Å². The largest absolute Gasteiger partial charge is 0.396 e. The second kappa shape index (κ2) is 5.74. The number of hydrogen-bond donors (Lipinski definition) is 1. The van der Waals surface area contributed by atoms with Crippen molar-refractivity contribution in [2.45, 2.75) is 24.2 Å². The van der Waals surface area contributed by atoms with Crippen molar-refractivity contribution in [3.63, 3.8) is 0 Å². The van der Waals surface area contributed by atoms with Gasteiger partial charge in [-0.2, -0.15) is 5.10 Å². The van der Waals surface area contributed by atoms with Gasteiger partial charge in [0.15, 0.2) is 0 Å². The van der Waals surface area contributed by atoms with E-state index in [9.17, 15) is 9.90 Å². The Labute approximate surface area is 141 Å². The number of nitrogens with zero attached hydrogens (tertiary/aromatic N) is 3. The molecule has 0 unspecified atom stereocenters. The third-order valence-corrected chi connectivity index (χ3v) is 5.60. The van der Waals surface area contributed by atoms with Crippen molar-refractivity contribution in [1.29, 1.82) is 0 Å². The van der Waals surface area contributed by atoms with E-state index in [0.717, 1.165) is 24.0 Å². The van der Waals surface area contributed by atoms with Crippen LogP contribution in [0.2, 0.25) is 0 Å². The van der Waals surface area contributed by atoms with Crippen LogP contribution in [-0.4, -0.2) is 45.4 Å². The molecule has 1 aliphatic heterocycles. The number of benzene rings is 1. The Morgan fingerprint density at radius 2 is 2.04 bits per heavy atom. The molecule has 1 amide bonds. The summed E-state index contributed by atoms with van der Waals surface area (Å²) in [6.45, 7) is 1.40. The molecule has 2 aliphatic rings. The summed E-state index contributed by atoms with van der Waals surface area (Å²) in [6, 6.07) is 10.1. The fraction of sp³-hybridized carbons (Fsp3) is 0.474. The van der Waals surface area contributed by atoms with Gasteiger partial charge in [0.2, 0.25) is 5.91 Å². The van der Waals surface area contributed by atoms with E-state index in [-0.39, 0.29) is 29.8 Å². The molecule has 0 spiro atoms. The molecule has 126 valence electrons. The van der Waals surface area contributed by atoms with E-state index >= 15 is 0 Å². The molecule has 1 saturated carbocycles. The summed E-state index contributed by atoms with van der Waals surface area (Å²) < 4.78 is 1.78. The van der Waals surface area contributed by atoms with Crippen LogP contribution in [0.15, 0.2) is 42.7 Å². The van der Waals surface area contributed by atoms with E-state index in [1.54, 1.807) is 4.68 Å². The topological polar surface area (TPSA) is 58.4 Å². The van der Waals surface area contributed by atoms with Crippen molar-refractivity contribution >= 4 is 5.91 Å². The van der Waals surface area contributed by atoms with Crippen LogP contribution < -0.4 is 0 Å². The van der Waals surface area contributed by atoms with Gasteiger partial charge >= 0.3 is 0 Å². The van der Waals surface area contributed by atoms with Gasteiger partial charge in [-0.15, -0.1) is 0 Å². The monoisotopic (exact) mass is 325 g/mol. The summed E-state index contributed by atoms with van der Waals surface area (Å²) in [6.07, 6.45) is 5.69. The predicted octanol–water partition coefficient (Wildman–Crippen LogP) is 1.69. The maximum absolute atomic E-state index is 13.2. The minimum Gasteiger partial charge on any atom is -0.396 e. The van der Waals surface area contributed by atoms with E-state index in [1.165, 1.54) is 0 Å². The number of rotatable bonds is 4. The Morgan fingerprint density at radius 1 is 1.29 bits per heavy atom. The number of carbonyl (C=O) groups is 1. The van der Waals surface area contributed by atoms with Gasteiger partial charge in [-0.25, -0.2) is 0 Å². The number of amides is 1. The molecule has 5 heteroatoms. The van der Waals surface area contributed by atoms with Gasteiger partial charge in [0.05, 0.1) is 11.6 Å². The molecule has 0 radical (unpaired) electrons. The van der Waals surface area contributed by atoms with E-state index < -0.39 is 0 Å². The number of aliphatic hydroxyl groups excluding tert-OH is 1. The van der Waals surface area contributed by atoms with Gasteiger partial charge in [0.1, 0.15) is 0 Å². The Balaban J connectivity index is 1.56. The molecule has 1 aromatic carbocycles. The number of carbonyl (C=O) groups excluding carboxylic acids is 1. The van der Waals surface area contributed by atoms with Crippen LogP contribution in [0.5, 0.6) is 0 Å². The smallest absolute Gasteiger partial charge is 0.233 e. The lowest BCUT2D eigenvalue weighted by Gasteiger charge is -2.23. The van der Waals surface area contributed by atoms with Gasteiger partial charge in [0.25, 0.3) is 0 Å². The van der Waals surface area contributed by atoms with Crippen LogP contribution in [-0.2, 0) is 17.3 Å². The summed E-state index contributed by atoms with van der Waals surface area (Å²) in [5.41, 5.74) is 1.90. The maximum atomic E-state index is 13.2. The van der Waals surface area contributed by atoms with Crippen molar-refractivity contribution < 1.29 is 9.90 Å². The van der Waals surface area contributed by atoms with Crippen LogP contribution in [0, 0.1) is 5.92 Å². The third kappa shape index (κ3) is 2.44. The van der Waals surface area contributed by atoms with Crippen molar-refractivity contribution in [3.05, 3.63) is 53.9 Å². The highest BCUT2D eigenvalue weighted by atomic mass is 16.3. The molecule has 2 heterocycles. The molecule has 0 bridgehead atoms. The van der Waals surface area contributed by atoms with Gasteiger partial charge in [0, 0.05) is 44.8 Å². The minimum absolute atomic E-state index is 0.0877. The van der Waals surface area contributed by atoms with Gasteiger partial charge < -0.3 is 10.0 Å². The number of likely N-dealkylation sites (tertiary alicyclic amines) is 1. The molecule has 2 aromatic rings. The molecule has 1 N–H and O–H groups in total. The second-order valence-corrected chi connectivity index (χ2v) is 7.15. The quantitative estimate of drug-likeness (QED) is 0.930. The number of hydrogen-bond acceptors (Lipinski definition) is 3. The molecular formula is C19H23N3O2. The Kier molecular flexibility index (Phi) is 3.68. The highest BCUT2D eigenvalue weighted by molar-refractivity contribution is 5.91. The zero-order chi connectivity index (χ0) is 16.7. The molecule has 4 rings (SSSR count). The van der Waals surface area contributed by atoms with Crippen molar-refractivity contribution in [1.82, 2.24) is 14.7 Å². The van der Waals surface area contributed by atoms with E-state index in [2.05, 4.69) is 17.2 Å². The molecule has 2 fully saturated rings. The van der Waals surface area contributed by atoms with Crippen LogP contribution in [0.4, 0.5) is 0 Å². The zero-order valence-electron chi connectivity index (χ0n) is 13.9. The molecule has 5 nitrogen and oxygen atoms in total. The summed E-state index contributed by atoms with van der Waals surface area (Å²) >= 11 is 0. The van der Waals surface area contributed by atoms with Gasteiger partial charge in [-0.1, -0.05) is 30.3 Å². The first-order valence-corrected chi connectivity index (χ1v) is 8.58.